The molecule has 2 aromatic rings. The van der Waals surface area contributed by atoms with Crippen molar-refractivity contribution in [1.29, 1.82) is 0 Å². The van der Waals surface area contributed by atoms with E-state index in [0.717, 1.165) is 24.4 Å². The molecule has 0 bridgehead atoms. The van der Waals surface area contributed by atoms with Crippen molar-refractivity contribution in [1.82, 2.24) is 19.9 Å². The quantitative estimate of drug-likeness (QED) is 0.775. The third-order valence-electron chi connectivity index (χ3n) is 2.87. The van der Waals surface area contributed by atoms with E-state index in [2.05, 4.69) is 24.8 Å². The van der Waals surface area contributed by atoms with E-state index in [1.807, 2.05) is 0 Å². The fourth-order valence-electron chi connectivity index (χ4n) is 2.01. The lowest BCUT2D eigenvalue weighted by Crippen LogP contribution is -2.20. The number of nitrogens with zero attached hydrogens (tertiary/aromatic N) is 3. The molecule has 17 heavy (non-hydrogen) atoms. The number of H-pyrrole nitrogens is 2. The molecule has 7 heteroatoms. The van der Waals surface area contributed by atoms with Crippen LogP contribution in [-0.2, 0) is 0 Å². The molecule has 2 aromatic heterocycles. The highest BCUT2D eigenvalue weighted by Gasteiger charge is 2.15. The third kappa shape index (κ3) is 1.96. The zero-order valence-electron chi connectivity index (χ0n) is 9.06. The number of hydrogen-bond donors (Lipinski definition) is 2. The standard InChI is InChI=1S/C10H11N5S2/c16-8-6-5-11-9(15-3-1-2-4-15)12-7(6)13-10(17)14-8/h5H,1-4H2,(H2,11,12,13,14,16,17). The van der Waals surface area contributed by atoms with Crippen LogP contribution >= 0.6 is 24.4 Å². The summed E-state index contributed by atoms with van der Waals surface area (Å²) in [5.74, 6) is 0.751. The number of rotatable bonds is 1. The Balaban J connectivity index is 2.18. The second kappa shape index (κ2) is 4.15. The molecule has 0 aromatic carbocycles. The average molecular weight is 265 g/mol. The summed E-state index contributed by atoms with van der Waals surface area (Å²) in [6, 6.07) is 0. The van der Waals surface area contributed by atoms with Crippen LogP contribution in [0.1, 0.15) is 12.8 Å². The van der Waals surface area contributed by atoms with Crippen molar-refractivity contribution in [3.8, 4) is 0 Å². The van der Waals surface area contributed by atoms with Crippen molar-refractivity contribution in [2.75, 3.05) is 18.0 Å². The normalized spacial score (nSPS) is 15.6. The summed E-state index contributed by atoms with van der Waals surface area (Å²) in [7, 11) is 0. The fourth-order valence-corrected chi connectivity index (χ4v) is 2.53. The van der Waals surface area contributed by atoms with Crippen molar-refractivity contribution in [2.45, 2.75) is 12.8 Å². The van der Waals surface area contributed by atoms with Crippen molar-refractivity contribution in [2.24, 2.45) is 0 Å². The predicted octanol–water partition coefficient (Wildman–Crippen LogP) is 2.35. The molecular formula is C10H11N5S2. The van der Waals surface area contributed by atoms with E-state index in [1.54, 1.807) is 6.20 Å². The molecule has 0 amide bonds. The summed E-state index contributed by atoms with van der Waals surface area (Å²) in [5.41, 5.74) is 0.704. The highest BCUT2D eigenvalue weighted by molar-refractivity contribution is 7.72. The van der Waals surface area contributed by atoms with Crippen LogP contribution in [0.5, 0.6) is 0 Å². The lowest BCUT2D eigenvalue weighted by atomic mass is 10.4. The molecule has 0 atom stereocenters. The number of anilines is 1. The molecule has 3 rings (SSSR count). The largest absolute Gasteiger partial charge is 0.341 e. The smallest absolute Gasteiger partial charge is 0.227 e. The summed E-state index contributed by atoms with van der Waals surface area (Å²) in [6.07, 6.45) is 4.15. The lowest BCUT2D eigenvalue weighted by Gasteiger charge is -2.14. The highest BCUT2D eigenvalue weighted by Crippen LogP contribution is 2.17. The SMILES string of the molecule is S=c1[nH]c(=S)c2cnc(N3CCCC3)nc2[nH]1. The maximum Gasteiger partial charge on any atom is 0.227 e. The van der Waals surface area contributed by atoms with Gasteiger partial charge in [-0.05, 0) is 25.1 Å². The van der Waals surface area contributed by atoms with Crippen LogP contribution in [0.4, 0.5) is 5.95 Å². The van der Waals surface area contributed by atoms with Crippen LogP contribution in [0.2, 0.25) is 0 Å². The summed E-state index contributed by atoms with van der Waals surface area (Å²) in [6.45, 7) is 2.04. The number of hydrogen-bond acceptors (Lipinski definition) is 5. The van der Waals surface area contributed by atoms with Gasteiger partial charge in [0.25, 0.3) is 0 Å². The Labute approximate surface area is 108 Å². The van der Waals surface area contributed by atoms with Gasteiger partial charge in [-0.25, -0.2) is 4.98 Å². The van der Waals surface area contributed by atoms with Gasteiger partial charge >= 0.3 is 0 Å². The van der Waals surface area contributed by atoms with Crippen molar-refractivity contribution in [3.63, 3.8) is 0 Å². The number of aromatic nitrogens is 4. The van der Waals surface area contributed by atoms with Gasteiger partial charge in [0.05, 0.1) is 5.39 Å². The Hall–Kier alpha value is -1.34. The minimum absolute atomic E-state index is 0.494. The van der Waals surface area contributed by atoms with Gasteiger partial charge in [0, 0.05) is 19.3 Å². The first-order chi connectivity index (χ1) is 8.24. The molecule has 1 fully saturated rings. The number of nitrogens with one attached hydrogen (secondary N) is 2. The Morgan fingerprint density at radius 3 is 2.71 bits per heavy atom. The van der Waals surface area contributed by atoms with Crippen LogP contribution in [0, 0.1) is 9.41 Å². The maximum atomic E-state index is 5.18. The monoisotopic (exact) mass is 265 g/mol. The second-order valence-electron chi connectivity index (χ2n) is 4.03. The molecule has 1 aliphatic heterocycles. The van der Waals surface area contributed by atoms with Gasteiger partial charge in [0.15, 0.2) is 4.77 Å². The van der Waals surface area contributed by atoms with E-state index in [9.17, 15) is 0 Å². The maximum absolute atomic E-state index is 5.18. The van der Waals surface area contributed by atoms with E-state index in [1.165, 1.54) is 12.8 Å². The van der Waals surface area contributed by atoms with Gasteiger partial charge in [-0.1, -0.05) is 12.2 Å². The Morgan fingerprint density at radius 2 is 1.94 bits per heavy atom. The second-order valence-corrected chi connectivity index (χ2v) is 4.85. The minimum atomic E-state index is 0.494. The first kappa shape index (κ1) is 10.8. The average Bonchev–Trinajstić information content (AvgIpc) is 2.81. The molecule has 0 aliphatic carbocycles. The van der Waals surface area contributed by atoms with Gasteiger partial charge in [-0.2, -0.15) is 4.98 Å². The molecule has 0 unspecified atom stereocenters. The molecule has 0 spiro atoms. The topological polar surface area (TPSA) is 60.6 Å². The van der Waals surface area contributed by atoms with Gasteiger partial charge in [-0.15, -0.1) is 0 Å². The van der Waals surface area contributed by atoms with Gasteiger partial charge in [-0.3, -0.25) is 0 Å². The summed E-state index contributed by atoms with van der Waals surface area (Å²) in [5, 5.41) is 0.802. The van der Waals surface area contributed by atoms with Crippen LogP contribution in [0.25, 0.3) is 11.0 Å². The molecule has 3 heterocycles. The molecule has 2 N–H and O–H groups in total. The van der Waals surface area contributed by atoms with Crippen LogP contribution in [-0.4, -0.2) is 33.0 Å². The first-order valence-electron chi connectivity index (χ1n) is 5.48. The van der Waals surface area contributed by atoms with Crippen LogP contribution < -0.4 is 4.90 Å². The van der Waals surface area contributed by atoms with E-state index in [0.29, 0.717) is 15.1 Å². The first-order valence-corrected chi connectivity index (χ1v) is 6.30. The Morgan fingerprint density at radius 1 is 1.18 bits per heavy atom. The van der Waals surface area contributed by atoms with E-state index < -0.39 is 0 Å². The molecule has 88 valence electrons. The zero-order chi connectivity index (χ0) is 11.8. The molecule has 0 radical (unpaired) electrons. The molecule has 5 nitrogen and oxygen atoms in total. The van der Waals surface area contributed by atoms with Crippen molar-refractivity contribution in [3.05, 3.63) is 15.6 Å². The zero-order valence-corrected chi connectivity index (χ0v) is 10.7. The Bertz CT molecular complexity index is 668. The van der Waals surface area contributed by atoms with Gasteiger partial charge < -0.3 is 14.9 Å². The van der Waals surface area contributed by atoms with Gasteiger partial charge in [0.2, 0.25) is 5.95 Å². The number of aromatic amines is 2. The van der Waals surface area contributed by atoms with Crippen LogP contribution in [0.15, 0.2) is 6.20 Å². The summed E-state index contributed by atoms with van der Waals surface area (Å²) < 4.78 is 1.07. The molecule has 1 aliphatic rings. The summed E-state index contributed by atoms with van der Waals surface area (Å²) >= 11 is 10.2. The third-order valence-corrected chi connectivity index (χ3v) is 3.39. The Kier molecular flexibility index (Phi) is 2.64. The predicted molar refractivity (Wildman–Crippen MR) is 71.4 cm³/mol. The van der Waals surface area contributed by atoms with Crippen LogP contribution in [0.3, 0.4) is 0 Å². The van der Waals surface area contributed by atoms with E-state index in [-0.39, 0.29) is 0 Å². The molecular weight excluding hydrogens is 254 g/mol. The van der Waals surface area contributed by atoms with Gasteiger partial charge in [0.1, 0.15) is 10.3 Å². The fraction of sp³-hybridized carbons (Fsp3) is 0.400. The molecule has 0 saturated carbocycles. The lowest BCUT2D eigenvalue weighted by molar-refractivity contribution is 0.902. The number of fused-ring (bicyclic) bond motifs is 1. The summed E-state index contributed by atoms with van der Waals surface area (Å²) in [4.78, 5) is 16.9. The minimum Gasteiger partial charge on any atom is -0.341 e. The van der Waals surface area contributed by atoms with E-state index in [4.69, 9.17) is 24.4 Å². The highest BCUT2D eigenvalue weighted by atomic mass is 32.1. The van der Waals surface area contributed by atoms with E-state index >= 15 is 0 Å². The van der Waals surface area contributed by atoms with Crippen molar-refractivity contribution < 1.29 is 0 Å². The molecule has 1 saturated heterocycles. The van der Waals surface area contributed by atoms with Crippen molar-refractivity contribution >= 4 is 41.4 Å².